The van der Waals surface area contributed by atoms with E-state index in [1.165, 1.54) is 5.56 Å². The molecule has 112 valence electrons. The quantitative estimate of drug-likeness (QED) is 0.883. The monoisotopic (exact) mass is 348 g/mol. The van der Waals surface area contributed by atoms with Gasteiger partial charge in [0.25, 0.3) is 0 Å². The molecule has 2 rings (SSSR count). The number of ether oxygens (including phenoxy) is 1. The largest absolute Gasteiger partial charge is 0.497 e. The number of hydrogen-bond donors (Lipinski definition) is 1. The van der Waals surface area contributed by atoms with Crippen LogP contribution in [0.5, 0.6) is 5.75 Å². The average Bonchev–Trinajstić information content (AvgIpc) is 2.48. The molecule has 21 heavy (non-hydrogen) atoms. The van der Waals surface area contributed by atoms with E-state index in [1.807, 2.05) is 32.2 Å². The van der Waals surface area contributed by atoms with E-state index in [0.29, 0.717) is 0 Å². The van der Waals surface area contributed by atoms with Crippen molar-refractivity contribution in [3.05, 3.63) is 52.5 Å². The van der Waals surface area contributed by atoms with Crippen LogP contribution < -0.4 is 15.4 Å². The normalized spacial score (nSPS) is 12.0. The van der Waals surface area contributed by atoms with Gasteiger partial charge in [0.1, 0.15) is 5.75 Å². The summed E-state index contributed by atoms with van der Waals surface area (Å²) in [6.07, 6.45) is 0.865. The molecular formula is C17H21BrN2O. The summed E-state index contributed by atoms with van der Waals surface area (Å²) in [5, 5.41) is 0. The second-order valence-corrected chi connectivity index (χ2v) is 6.07. The molecule has 0 saturated heterocycles. The Morgan fingerprint density at radius 3 is 2.52 bits per heavy atom. The van der Waals surface area contributed by atoms with Crippen molar-refractivity contribution < 1.29 is 4.74 Å². The molecule has 0 saturated carbocycles. The maximum atomic E-state index is 5.87. The van der Waals surface area contributed by atoms with E-state index in [4.69, 9.17) is 10.5 Å². The van der Waals surface area contributed by atoms with Crippen molar-refractivity contribution in [2.45, 2.75) is 19.4 Å². The molecule has 3 nitrogen and oxygen atoms in total. The Hall–Kier alpha value is -1.52. The Morgan fingerprint density at radius 2 is 1.90 bits per heavy atom. The number of benzene rings is 2. The fraction of sp³-hybridized carbons (Fsp3) is 0.294. The summed E-state index contributed by atoms with van der Waals surface area (Å²) in [5.41, 5.74) is 9.30. The van der Waals surface area contributed by atoms with E-state index in [9.17, 15) is 0 Å². The zero-order valence-corrected chi connectivity index (χ0v) is 14.2. The Labute approximate surface area is 134 Å². The molecule has 0 aliphatic heterocycles. The lowest BCUT2D eigenvalue weighted by Crippen LogP contribution is -2.18. The van der Waals surface area contributed by atoms with Gasteiger partial charge in [-0.2, -0.15) is 0 Å². The van der Waals surface area contributed by atoms with Gasteiger partial charge in [0.15, 0.2) is 0 Å². The highest BCUT2D eigenvalue weighted by Gasteiger charge is 2.09. The molecule has 0 spiro atoms. The van der Waals surface area contributed by atoms with Crippen LogP contribution in [-0.2, 0) is 6.42 Å². The SMILES string of the molecule is COc1cccc(N(C)c2ccc(CC(C)N)c(Br)c2)c1. The summed E-state index contributed by atoms with van der Waals surface area (Å²) in [7, 11) is 3.72. The predicted octanol–water partition coefficient (Wildman–Crippen LogP) is 4.12. The van der Waals surface area contributed by atoms with Crippen LogP contribution in [0.25, 0.3) is 0 Å². The van der Waals surface area contributed by atoms with Gasteiger partial charge in [-0.25, -0.2) is 0 Å². The number of rotatable bonds is 5. The van der Waals surface area contributed by atoms with Gasteiger partial charge >= 0.3 is 0 Å². The molecule has 2 aromatic carbocycles. The van der Waals surface area contributed by atoms with Crippen LogP contribution >= 0.6 is 15.9 Å². The Morgan fingerprint density at radius 1 is 1.19 bits per heavy atom. The van der Waals surface area contributed by atoms with Crippen molar-refractivity contribution in [3.8, 4) is 5.75 Å². The van der Waals surface area contributed by atoms with Crippen molar-refractivity contribution in [1.29, 1.82) is 0 Å². The van der Waals surface area contributed by atoms with Crippen molar-refractivity contribution in [3.63, 3.8) is 0 Å². The first-order valence-corrected chi connectivity index (χ1v) is 7.72. The minimum absolute atomic E-state index is 0.156. The zero-order valence-electron chi connectivity index (χ0n) is 12.6. The standard InChI is InChI=1S/C17H21BrN2O/c1-12(19)9-13-7-8-15(11-17(13)18)20(2)14-5-4-6-16(10-14)21-3/h4-8,10-12H,9,19H2,1-3H3. The first kappa shape index (κ1) is 15.9. The molecule has 0 aliphatic rings. The first-order valence-electron chi connectivity index (χ1n) is 6.93. The molecule has 0 amide bonds. The number of hydrogen-bond acceptors (Lipinski definition) is 3. The number of halogens is 1. The van der Waals surface area contributed by atoms with Crippen LogP contribution in [0, 0.1) is 0 Å². The third-order valence-electron chi connectivity index (χ3n) is 3.41. The van der Waals surface area contributed by atoms with Crippen LogP contribution in [0.2, 0.25) is 0 Å². The lowest BCUT2D eigenvalue weighted by atomic mass is 10.1. The van der Waals surface area contributed by atoms with Crippen LogP contribution in [0.4, 0.5) is 11.4 Å². The summed E-state index contributed by atoms with van der Waals surface area (Å²) in [4.78, 5) is 2.13. The summed E-state index contributed by atoms with van der Waals surface area (Å²) in [6.45, 7) is 2.02. The highest BCUT2D eigenvalue weighted by molar-refractivity contribution is 9.10. The van der Waals surface area contributed by atoms with Gasteiger partial charge in [-0.3, -0.25) is 0 Å². The van der Waals surface area contributed by atoms with E-state index < -0.39 is 0 Å². The number of nitrogens with zero attached hydrogens (tertiary/aromatic N) is 1. The van der Waals surface area contributed by atoms with Gasteiger partial charge in [0, 0.05) is 35.0 Å². The van der Waals surface area contributed by atoms with Crippen molar-refractivity contribution in [2.24, 2.45) is 5.73 Å². The summed E-state index contributed by atoms with van der Waals surface area (Å²) < 4.78 is 6.37. The van der Waals surface area contributed by atoms with Crippen molar-refractivity contribution >= 4 is 27.3 Å². The van der Waals surface area contributed by atoms with E-state index in [2.05, 4.69) is 45.1 Å². The van der Waals surface area contributed by atoms with Crippen LogP contribution in [0.3, 0.4) is 0 Å². The maximum Gasteiger partial charge on any atom is 0.120 e. The number of nitrogens with two attached hydrogens (primary N) is 1. The van der Waals surface area contributed by atoms with Crippen LogP contribution in [0.15, 0.2) is 46.9 Å². The molecule has 0 radical (unpaired) electrons. The lowest BCUT2D eigenvalue weighted by Gasteiger charge is -2.21. The van der Waals surface area contributed by atoms with E-state index in [0.717, 1.165) is 28.0 Å². The minimum Gasteiger partial charge on any atom is -0.497 e. The maximum absolute atomic E-state index is 5.87. The minimum atomic E-state index is 0.156. The molecule has 1 atom stereocenters. The molecule has 0 aromatic heterocycles. The molecule has 2 N–H and O–H groups in total. The Kier molecular flexibility index (Phi) is 5.26. The second-order valence-electron chi connectivity index (χ2n) is 5.22. The Bertz CT molecular complexity index is 613. The van der Waals surface area contributed by atoms with Crippen molar-refractivity contribution in [2.75, 3.05) is 19.1 Å². The fourth-order valence-corrected chi connectivity index (χ4v) is 2.75. The average molecular weight is 349 g/mol. The zero-order chi connectivity index (χ0) is 15.4. The molecule has 0 fully saturated rings. The Balaban J connectivity index is 2.26. The van der Waals surface area contributed by atoms with E-state index >= 15 is 0 Å². The van der Waals surface area contributed by atoms with Gasteiger partial charge < -0.3 is 15.4 Å². The highest BCUT2D eigenvalue weighted by Crippen LogP contribution is 2.30. The molecule has 0 aliphatic carbocycles. The molecule has 0 heterocycles. The van der Waals surface area contributed by atoms with Gasteiger partial charge in [-0.05, 0) is 43.2 Å². The highest BCUT2D eigenvalue weighted by atomic mass is 79.9. The van der Waals surface area contributed by atoms with E-state index in [-0.39, 0.29) is 6.04 Å². The van der Waals surface area contributed by atoms with Crippen LogP contribution in [0.1, 0.15) is 12.5 Å². The third-order valence-corrected chi connectivity index (χ3v) is 4.14. The lowest BCUT2D eigenvalue weighted by molar-refractivity contribution is 0.415. The van der Waals surface area contributed by atoms with Gasteiger partial charge in [0.2, 0.25) is 0 Å². The topological polar surface area (TPSA) is 38.5 Å². The fourth-order valence-electron chi connectivity index (χ4n) is 2.23. The van der Waals surface area contributed by atoms with E-state index in [1.54, 1.807) is 7.11 Å². The summed E-state index contributed by atoms with van der Waals surface area (Å²) in [6, 6.07) is 14.5. The number of anilines is 2. The summed E-state index contributed by atoms with van der Waals surface area (Å²) in [5.74, 6) is 0.854. The third kappa shape index (κ3) is 3.99. The van der Waals surface area contributed by atoms with Gasteiger partial charge in [-0.1, -0.05) is 28.1 Å². The van der Waals surface area contributed by atoms with Crippen molar-refractivity contribution in [1.82, 2.24) is 0 Å². The second kappa shape index (κ2) is 6.96. The summed E-state index contributed by atoms with van der Waals surface area (Å²) >= 11 is 3.64. The predicted molar refractivity (Wildman–Crippen MR) is 92.6 cm³/mol. The van der Waals surface area contributed by atoms with Gasteiger partial charge in [-0.15, -0.1) is 0 Å². The molecular weight excluding hydrogens is 328 g/mol. The van der Waals surface area contributed by atoms with Gasteiger partial charge in [0.05, 0.1) is 7.11 Å². The molecule has 1 unspecified atom stereocenters. The smallest absolute Gasteiger partial charge is 0.120 e. The molecule has 2 aromatic rings. The molecule has 4 heteroatoms. The molecule has 0 bridgehead atoms. The number of methoxy groups -OCH3 is 1. The first-order chi connectivity index (χ1) is 10.0. The van der Waals surface area contributed by atoms with Crippen LogP contribution in [-0.4, -0.2) is 20.2 Å².